The summed E-state index contributed by atoms with van der Waals surface area (Å²) in [7, 11) is 0. The number of hydrogen-bond acceptors (Lipinski definition) is 3. The standard InChI is InChI=1S/C35H31F2NO2/c1-22(39)24-7-5-23(6-8-24)19-31(26-13-15-28(16-14-26)35(2,3)4)33-21-34(40-38-33)27-11-9-25(10-12-27)30-18-17-29(36)20-32(30)37/h5-18,20-21,31H,19H2,1-4H3. The van der Waals surface area contributed by atoms with Crippen LogP contribution in [0.5, 0.6) is 0 Å². The van der Waals surface area contributed by atoms with E-state index in [-0.39, 0.29) is 17.1 Å². The maximum Gasteiger partial charge on any atom is 0.167 e. The Hall–Kier alpha value is -4.38. The van der Waals surface area contributed by atoms with Crippen molar-refractivity contribution in [3.63, 3.8) is 0 Å². The summed E-state index contributed by atoms with van der Waals surface area (Å²) < 4.78 is 33.4. The molecule has 40 heavy (non-hydrogen) atoms. The van der Waals surface area contributed by atoms with Gasteiger partial charge in [0.1, 0.15) is 11.6 Å². The Kier molecular flexibility index (Phi) is 7.49. The van der Waals surface area contributed by atoms with Crippen LogP contribution in [0.2, 0.25) is 0 Å². The minimum absolute atomic E-state index is 0.0372. The number of rotatable bonds is 7. The number of Topliss-reactive ketones (excluding diaryl/α,β-unsaturated/α-hetero) is 1. The molecule has 1 atom stereocenters. The number of benzene rings is 4. The fraction of sp³-hybridized carbons (Fsp3) is 0.200. The van der Waals surface area contributed by atoms with E-state index >= 15 is 0 Å². The molecular weight excluding hydrogens is 504 g/mol. The molecule has 0 radical (unpaired) electrons. The summed E-state index contributed by atoms with van der Waals surface area (Å²) in [4.78, 5) is 11.7. The molecule has 0 aliphatic carbocycles. The molecule has 0 fully saturated rings. The van der Waals surface area contributed by atoms with Crippen molar-refractivity contribution >= 4 is 5.78 Å². The first kappa shape index (κ1) is 27.2. The summed E-state index contributed by atoms with van der Waals surface area (Å²) in [6.45, 7) is 8.13. The van der Waals surface area contributed by atoms with Gasteiger partial charge in [0.25, 0.3) is 0 Å². The summed E-state index contributed by atoms with van der Waals surface area (Å²) in [6, 6.07) is 29.1. The number of halogens is 2. The molecule has 5 aromatic rings. The van der Waals surface area contributed by atoms with E-state index in [0.717, 1.165) is 28.5 Å². The van der Waals surface area contributed by atoms with E-state index in [2.05, 4.69) is 50.2 Å². The zero-order chi connectivity index (χ0) is 28.4. The number of hydrogen-bond donors (Lipinski definition) is 0. The lowest BCUT2D eigenvalue weighted by atomic mass is 9.83. The van der Waals surface area contributed by atoms with Crippen molar-refractivity contribution in [2.45, 2.75) is 45.4 Å². The summed E-state index contributed by atoms with van der Waals surface area (Å²) in [5.41, 5.74) is 6.76. The molecule has 4 aromatic carbocycles. The minimum Gasteiger partial charge on any atom is -0.356 e. The third-order valence-corrected chi connectivity index (χ3v) is 7.28. The Bertz CT molecular complexity index is 1630. The number of carbonyl (C=O) groups excluding carboxylic acids is 1. The van der Waals surface area contributed by atoms with Crippen LogP contribution in [0.15, 0.2) is 102 Å². The van der Waals surface area contributed by atoms with Crippen LogP contribution in [0.3, 0.4) is 0 Å². The Morgan fingerprint density at radius 3 is 2.08 bits per heavy atom. The molecular formula is C35H31F2NO2. The summed E-state index contributed by atoms with van der Waals surface area (Å²) in [5, 5.41) is 4.46. The first-order valence-electron chi connectivity index (χ1n) is 13.3. The molecule has 0 spiro atoms. The highest BCUT2D eigenvalue weighted by atomic mass is 19.1. The lowest BCUT2D eigenvalue weighted by Gasteiger charge is -2.21. The van der Waals surface area contributed by atoms with Crippen LogP contribution in [-0.2, 0) is 11.8 Å². The molecule has 0 saturated heterocycles. The van der Waals surface area contributed by atoms with Gasteiger partial charge in [-0.2, -0.15) is 0 Å². The SMILES string of the molecule is CC(=O)c1ccc(CC(c2ccc(C(C)(C)C)cc2)c2cc(-c3ccc(-c4ccc(F)cc4F)cc3)on2)cc1. The number of nitrogens with zero attached hydrogens (tertiary/aromatic N) is 1. The van der Waals surface area contributed by atoms with Crippen molar-refractivity contribution < 1.29 is 18.1 Å². The fourth-order valence-corrected chi connectivity index (χ4v) is 4.85. The Balaban J connectivity index is 1.46. The van der Waals surface area contributed by atoms with Crippen molar-refractivity contribution in [1.29, 1.82) is 0 Å². The topological polar surface area (TPSA) is 43.1 Å². The first-order chi connectivity index (χ1) is 19.1. The van der Waals surface area contributed by atoms with E-state index in [1.54, 1.807) is 19.1 Å². The number of aromatic nitrogens is 1. The summed E-state index contributed by atoms with van der Waals surface area (Å²) in [5.74, 6) is -0.641. The van der Waals surface area contributed by atoms with Gasteiger partial charge in [-0.25, -0.2) is 8.78 Å². The van der Waals surface area contributed by atoms with Gasteiger partial charge in [-0.15, -0.1) is 0 Å². The minimum atomic E-state index is -0.607. The second-order valence-corrected chi connectivity index (χ2v) is 11.2. The second kappa shape index (κ2) is 11.0. The van der Waals surface area contributed by atoms with Crippen molar-refractivity contribution in [3.8, 4) is 22.5 Å². The predicted octanol–water partition coefficient (Wildman–Crippen LogP) is 9.16. The van der Waals surface area contributed by atoms with Crippen LogP contribution in [0.25, 0.3) is 22.5 Å². The van der Waals surface area contributed by atoms with E-state index in [0.29, 0.717) is 28.9 Å². The van der Waals surface area contributed by atoms with Crippen molar-refractivity contribution in [3.05, 3.63) is 137 Å². The molecule has 3 nitrogen and oxygen atoms in total. The molecule has 1 heterocycles. The second-order valence-electron chi connectivity index (χ2n) is 11.2. The highest BCUT2D eigenvalue weighted by Gasteiger charge is 2.22. The van der Waals surface area contributed by atoms with E-state index < -0.39 is 11.6 Å². The Morgan fingerprint density at radius 2 is 1.48 bits per heavy atom. The average Bonchev–Trinajstić information content (AvgIpc) is 3.42. The fourth-order valence-electron chi connectivity index (χ4n) is 4.85. The molecule has 1 unspecified atom stereocenters. The lowest BCUT2D eigenvalue weighted by Crippen LogP contribution is -2.12. The van der Waals surface area contributed by atoms with Crippen LogP contribution < -0.4 is 0 Å². The first-order valence-corrected chi connectivity index (χ1v) is 13.3. The molecule has 0 N–H and O–H groups in total. The normalized spacial score (nSPS) is 12.3. The quantitative estimate of drug-likeness (QED) is 0.195. The van der Waals surface area contributed by atoms with Gasteiger partial charge in [-0.3, -0.25) is 4.79 Å². The maximum absolute atomic E-state index is 14.3. The zero-order valence-corrected chi connectivity index (χ0v) is 23.0. The highest BCUT2D eigenvalue weighted by Crippen LogP contribution is 2.34. The third-order valence-electron chi connectivity index (χ3n) is 7.28. The van der Waals surface area contributed by atoms with Crippen LogP contribution in [0, 0.1) is 11.6 Å². The maximum atomic E-state index is 14.3. The van der Waals surface area contributed by atoms with Gasteiger partial charge in [0.2, 0.25) is 0 Å². The predicted molar refractivity (Wildman–Crippen MR) is 154 cm³/mol. The highest BCUT2D eigenvalue weighted by molar-refractivity contribution is 5.94. The van der Waals surface area contributed by atoms with Gasteiger partial charge in [0.15, 0.2) is 11.5 Å². The van der Waals surface area contributed by atoms with Gasteiger partial charge < -0.3 is 4.52 Å². The van der Waals surface area contributed by atoms with Crippen molar-refractivity contribution in [2.24, 2.45) is 0 Å². The molecule has 5 rings (SSSR count). The number of carbonyl (C=O) groups is 1. The van der Waals surface area contributed by atoms with Gasteiger partial charge in [0.05, 0.1) is 5.69 Å². The largest absolute Gasteiger partial charge is 0.356 e. The van der Waals surface area contributed by atoms with Crippen LogP contribution >= 0.6 is 0 Å². The van der Waals surface area contributed by atoms with Gasteiger partial charge >= 0.3 is 0 Å². The average molecular weight is 536 g/mol. The van der Waals surface area contributed by atoms with Crippen LogP contribution in [-0.4, -0.2) is 10.9 Å². The molecule has 0 bridgehead atoms. The molecule has 0 aliphatic rings. The van der Waals surface area contributed by atoms with E-state index in [1.807, 2.05) is 42.5 Å². The zero-order valence-electron chi connectivity index (χ0n) is 23.0. The van der Waals surface area contributed by atoms with E-state index in [4.69, 9.17) is 4.52 Å². The third kappa shape index (κ3) is 5.94. The van der Waals surface area contributed by atoms with E-state index in [9.17, 15) is 13.6 Å². The number of ketones is 1. The van der Waals surface area contributed by atoms with Crippen LogP contribution in [0.4, 0.5) is 8.78 Å². The van der Waals surface area contributed by atoms with Gasteiger partial charge in [-0.1, -0.05) is 98.7 Å². The summed E-state index contributed by atoms with van der Waals surface area (Å²) in [6.07, 6.45) is 0.682. The Labute approximate surface area is 233 Å². The monoisotopic (exact) mass is 535 g/mol. The van der Waals surface area contributed by atoms with Gasteiger partial charge in [0, 0.05) is 34.7 Å². The molecule has 202 valence electrons. The smallest absolute Gasteiger partial charge is 0.167 e. The lowest BCUT2D eigenvalue weighted by molar-refractivity contribution is 0.101. The van der Waals surface area contributed by atoms with Crippen LogP contribution in [0.1, 0.15) is 66.4 Å². The molecule has 5 heteroatoms. The molecule has 1 aromatic heterocycles. The van der Waals surface area contributed by atoms with Crippen molar-refractivity contribution in [1.82, 2.24) is 5.16 Å². The Morgan fingerprint density at radius 1 is 0.825 bits per heavy atom. The van der Waals surface area contributed by atoms with Gasteiger partial charge in [-0.05, 0) is 53.1 Å². The molecule has 0 amide bonds. The molecule has 0 aliphatic heterocycles. The van der Waals surface area contributed by atoms with Crippen molar-refractivity contribution in [2.75, 3.05) is 0 Å². The van der Waals surface area contributed by atoms with E-state index in [1.165, 1.54) is 17.7 Å². The molecule has 0 saturated carbocycles. The summed E-state index contributed by atoms with van der Waals surface area (Å²) >= 11 is 0.